The van der Waals surface area contributed by atoms with Gasteiger partial charge in [-0.25, -0.2) is 9.89 Å². The number of amides is 4. The van der Waals surface area contributed by atoms with Crippen molar-refractivity contribution in [3.63, 3.8) is 0 Å². The molecule has 1 aromatic heterocycles. The van der Waals surface area contributed by atoms with Crippen LogP contribution in [0.3, 0.4) is 0 Å². The topological polar surface area (TPSA) is 266 Å². The van der Waals surface area contributed by atoms with Gasteiger partial charge in [-0.05, 0) is 90.4 Å². The van der Waals surface area contributed by atoms with Crippen LogP contribution in [0.15, 0.2) is 89.7 Å². The molecular formula is C46H56N10O7. The number of hydrogen-bond donors (Lipinski definition) is 8. The lowest BCUT2D eigenvalue weighted by molar-refractivity contribution is -0.141. The van der Waals surface area contributed by atoms with E-state index in [0.717, 1.165) is 36.0 Å². The molecule has 0 aliphatic carbocycles. The van der Waals surface area contributed by atoms with Gasteiger partial charge in [-0.15, -0.1) is 0 Å². The molecule has 4 aromatic carbocycles. The second-order valence-electron chi connectivity index (χ2n) is 15.4. The summed E-state index contributed by atoms with van der Waals surface area (Å²) >= 11 is 0. The molecule has 0 unspecified atom stereocenters. The van der Waals surface area contributed by atoms with Crippen molar-refractivity contribution in [1.29, 1.82) is 0 Å². The molecule has 1 aliphatic heterocycles. The number of ether oxygens (including phenoxy) is 2. The molecule has 63 heavy (non-hydrogen) atoms. The molecule has 0 spiro atoms. The minimum absolute atomic E-state index is 0.165. The van der Waals surface area contributed by atoms with Gasteiger partial charge >= 0.3 is 5.69 Å². The number of carbonyl (C=O) groups excluding carboxylic acids is 4. The fourth-order valence-corrected chi connectivity index (χ4v) is 7.43. The summed E-state index contributed by atoms with van der Waals surface area (Å²) in [7, 11) is 1.43. The lowest BCUT2D eigenvalue weighted by atomic mass is 9.93. The van der Waals surface area contributed by atoms with Crippen molar-refractivity contribution >= 4 is 23.6 Å². The van der Waals surface area contributed by atoms with Crippen LogP contribution < -0.4 is 48.3 Å². The minimum atomic E-state index is -1.35. The van der Waals surface area contributed by atoms with Crippen molar-refractivity contribution in [3.8, 4) is 33.8 Å². The summed E-state index contributed by atoms with van der Waals surface area (Å²) in [6.07, 6.45) is 3.44. The molecule has 6 rings (SSSR count). The monoisotopic (exact) mass is 860 g/mol. The van der Waals surface area contributed by atoms with E-state index in [1.54, 1.807) is 36.4 Å². The molecule has 0 saturated carbocycles. The first kappa shape index (κ1) is 45.7. The molecule has 0 fully saturated rings. The Balaban J connectivity index is 1.34. The lowest BCUT2D eigenvalue weighted by Gasteiger charge is -2.32. The van der Waals surface area contributed by atoms with Gasteiger partial charge in [0.05, 0.1) is 6.04 Å². The number of fused-ring (bicyclic) bond motifs is 5. The summed E-state index contributed by atoms with van der Waals surface area (Å²) in [6, 6.07) is 21.3. The molecule has 4 bridgehead atoms. The summed E-state index contributed by atoms with van der Waals surface area (Å²) < 4.78 is 12.2. The first-order valence-electron chi connectivity index (χ1n) is 21.1. The Morgan fingerprint density at radius 2 is 1.48 bits per heavy atom. The van der Waals surface area contributed by atoms with Gasteiger partial charge in [0.2, 0.25) is 17.7 Å². The average Bonchev–Trinajstić information content (AvgIpc) is 3.74. The number of nitrogens with one attached hydrogen (secondary N) is 5. The Labute approximate surface area is 365 Å². The highest BCUT2D eigenvalue weighted by molar-refractivity contribution is 5.99. The van der Waals surface area contributed by atoms with Crippen LogP contribution in [0.5, 0.6) is 11.5 Å². The molecule has 2 heterocycles. The smallest absolute Gasteiger partial charge is 0.340 e. The first-order chi connectivity index (χ1) is 30.4. The van der Waals surface area contributed by atoms with E-state index in [1.165, 1.54) is 24.4 Å². The van der Waals surface area contributed by atoms with Crippen LogP contribution in [0, 0.1) is 0 Å². The standard InChI is InChI=1S/C46H56N10O7/c1-4-5-6-28-7-10-30(11-8-28)31-12-14-32(15-13-31)43(58)52-37(26-49)45(60)56(3)40-33-16-18-39(63-22-20-48)35(25-33)34-23-29(9-17-38(34)62-21-19-47)24-36(41-53-46(61)55-54-41)51-42(57)27(2)50-44(40)59/h7-18,23,25,27,36-37,40H,4-6,19-22,24,26,47-49H2,1-3H3,(H,50,59)(H,51,57)(H,52,58)(H2,53,54,55,61)/t27-,36-,37-,40-/m0/s1. The Bertz CT molecular complexity index is 2430. The van der Waals surface area contributed by atoms with Crippen LogP contribution in [0.4, 0.5) is 0 Å². The number of nitrogens with zero attached hydrogens (tertiary/aromatic N) is 2. The number of nitrogens with two attached hydrogens (primary N) is 3. The fraction of sp³-hybridized carbons (Fsp3) is 0.348. The quantitative estimate of drug-likeness (QED) is 0.0715. The first-order valence-corrected chi connectivity index (χ1v) is 21.1. The van der Waals surface area contributed by atoms with Gasteiger partial charge in [-0.2, -0.15) is 5.10 Å². The zero-order chi connectivity index (χ0) is 45.0. The largest absolute Gasteiger partial charge is 0.492 e. The number of aryl methyl sites for hydroxylation is 1. The van der Waals surface area contributed by atoms with Gasteiger partial charge in [0.1, 0.15) is 42.8 Å². The van der Waals surface area contributed by atoms with E-state index in [4.69, 9.17) is 26.7 Å². The predicted octanol–water partition coefficient (Wildman–Crippen LogP) is 2.62. The van der Waals surface area contributed by atoms with Crippen LogP contribution in [0.1, 0.15) is 71.6 Å². The molecule has 1 aliphatic rings. The number of rotatable bonds is 16. The number of aromatic nitrogens is 3. The fourth-order valence-electron chi connectivity index (χ4n) is 7.43. The number of likely N-dealkylation sites (N-methyl/N-ethyl adjacent to an activating group) is 1. The molecule has 0 saturated heterocycles. The van der Waals surface area contributed by atoms with Crippen molar-refractivity contribution in [2.75, 3.05) is 39.9 Å². The minimum Gasteiger partial charge on any atom is -0.492 e. The molecular weight excluding hydrogens is 805 g/mol. The Kier molecular flexibility index (Phi) is 15.5. The SMILES string of the molecule is CCCCc1ccc(-c2ccc(C(=O)N[C@@H](CN)C(=O)N(C)[C@@H]3C(=O)N[C@@H](C)C(=O)N[C@H](c4n[nH]c(=O)[nH]4)Cc4ccc(OCCN)c(c4)-c4cc3ccc4OCCN)cc2)cc1. The second kappa shape index (κ2) is 21.3. The zero-order valence-electron chi connectivity index (χ0n) is 35.7. The number of H-pyrrole nitrogens is 2. The Morgan fingerprint density at radius 3 is 2.08 bits per heavy atom. The van der Waals surface area contributed by atoms with E-state index in [0.29, 0.717) is 33.8 Å². The van der Waals surface area contributed by atoms with E-state index in [1.807, 2.05) is 24.3 Å². The third-order valence-corrected chi connectivity index (χ3v) is 10.8. The van der Waals surface area contributed by atoms with Gasteiger partial charge in [0.25, 0.3) is 5.91 Å². The number of unbranched alkanes of at least 4 members (excludes halogenated alkanes) is 1. The number of carbonyl (C=O) groups is 4. The maximum absolute atomic E-state index is 14.5. The van der Waals surface area contributed by atoms with Gasteiger partial charge in [0.15, 0.2) is 5.82 Å². The lowest BCUT2D eigenvalue weighted by Crippen LogP contribution is -2.55. The molecule has 17 nitrogen and oxygen atoms in total. The Hall–Kier alpha value is -6.82. The van der Waals surface area contributed by atoms with E-state index in [9.17, 15) is 24.0 Å². The van der Waals surface area contributed by atoms with E-state index < -0.39 is 53.5 Å². The maximum atomic E-state index is 14.5. The third kappa shape index (κ3) is 11.2. The van der Waals surface area contributed by atoms with Crippen LogP contribution in [0.25, 0.3) is 22.3 Å². The summed E-state index contributed by atoms with van der Waals surface area (Å²) in [5, 5.41) is 14.8. The normalized spacial score (nSPS) is 16.8. The van der Waals surface area contributed by atoms with E-state index in [-0.39, 0.29) is 45.1 Å². The van der Waals surface area contributed by atoms with Gasteiger partial charge < -0.3 is 47.5 Å². The summed E-state index contributed by atoms with van der Waals surface area (Å²) in [5.41, 5.74) is 22.9. The van der Waals surface area contributed by atoms with Crippen LogP contribution in [0.2, 0.25) is 0 Å². The summed E-state index contributed by atoms with van der Waals surface area (Å²) in [6.45, 7) is 4.16. The molecule has 0 radical (unpaired) electrons. The second-order valence-corrected chi connectivity index (χ2v) is 15.4. The van der Waals surface area contributed by atoms with Crippen molar-refractivity contribution < 1.29 is 28.7 Å². The van der Waals surface area contributed by atoms with Gasteiger partial charge in [-0.1, -0.05) is 61.9 Å². The van der Waals surface area contributed by atoms with Crippen molar-refractivity contribution in [2.45, 2.75) is 63.7 Å². The highest BCUT2D eigenvalue weighted by atomic mass is 16.5. The summed E-state index contributed by atoms with van der Waals surface area (Å²) in [5.74, 6) is -1.46. The van der Waals surface area contributed by atoms with E-state index in [2.05, 4.69) is 62.3 Å². The molecule has 4 atom stereocenters. The highest BCUT2D eigenvalue weighted by Crippen LogP contribution is 2.40. The average molecular weight is 861 g/mol. The Morgan fingerprint density at radius 1 is 0.841 bits per heavy atom. The van der Waals surface area contributed by atoms with Crippen LogP contribution in [-0.2, 0) is 27.2 Å². The molecule has 17 heteroatoms. The van der Waals surface area contributed by atoms with E-state index >= 15 is 0 Å². The van der Waals surface area contributed by atoms with Gasteiger partial charge in [0, 0.05) is 43.4 Å². The molecule has 5 aromatic rings. The van der Waals surface area contributed by atoms with Gasteiger partial charge in [-0.3, -0.25) is 24.2 Å². The van der Waals surface area contributed by atoms with Crippen molar-refractivity contribution in [3.05, 3.63) is 123 Å². The number of benzene rings is 4. The number of hydrogen-bond acceptors (Lipinski definition) is 11. The zero-order valence-corrected chi connectivity index (χ0v) is 35.7. The molecule has 4 amide bonds. The number of aromatic amines is 2. The third-order valence-electron chi connectivity index (χ3n) is 10.8. The van der Waals surface area contributed by atoms with Crippen LogP contribution >= 0.6 is 0 Å². The maximum Gasteiger partial charge on any atom is 0.340 e. The van der Waals surface area contributed by atoms with Crippen molar-refractivity contribution in [2.24, 2.45) is 17.2 Å². The van der Waals surface area contributed by atoms with Crippen LogP contribution in [-0.4, -0.2) is 95.7 Å². The molecule has 11 N–H and O–H groups in total. The highest BCUT2D eigenvalue weighted by Gasteiger charge is 2.36. The van der Waals surface area contributed by atoms with Crippen molar-refractivity contribution in [1.82, 2.24) is 36.0 Å². The predicted molar refractivity (Wildman–Crippen MR) is 239 cm³/mol. The molecule has 332 valence electrons. The summed E-state index contributed by atoms with van der Waals surface area (Å²) in [4.78, 5) is 72.2.